The van der Waals surface area contributed by atoms with E-state index in [1.807, 2.05) is 4.90 Å². The summed E-state index contributed by atoms with van der Waals surface area (Å²) in [5.41, 5.74) is 0. The zero-order valence-corrected chi connectivity index (χ0v) is 9.93. The summed E-state index contributed by atoms with van der Waals surface area (Å²) in [6.45, 7) is 2.58. The van der Waals surface area contributed by atoms with Gasteiger partial charge in [0.25, 0.3) is 0 Å². The fraction of sp³-hybridized carbons (Fsp3) is 0.833. The Morgan fingerprint density at radius 3 is 2.82 bits per heavy atom. The molecule has 0 radical (unpaired) electrons. The number of likely N-dealkylation sites (tertiary alicyclic amines) is 1. The summed E-state index contributed by atoms with van der Waals surface area (Å²) in [5, 5.41) is 8.72. The number of ether oxygens (including phenoxy) is 1. The van der Waals surface area contributed by atoms with E-state index in [0.29, 0.717) is 19.7 Å². The molecular weight excluding hydrogens is 222 g/mol. The zero-order valence-electron chi connectivity index (χ0n) is 9.93. The van der Waals surface area contributed by atoms with Crippen LogP contribution < -0.4 is 0 Å². The first kappa shape index (κ1) is 12.4. The lowest BCUT2D eigenvalue weighted by Gasteiger charge is -2.26. The molecule has 2 heterocycles. The van der Waals surface area contributed by atoms with Crippen molar-refractivity contribution in [2.75, 3.05) is 26.3 Å². The Labute approximate surface area is 101 Å². The van der Waals surface area contributed by atoms with Gasteiger partial charge in [0.2, 0.25) is 5.91 Å². The third kappa shape index (κ3) is 3.19. The van der Waals surface area contributed by atoms with Crippen LogP contribution in [-0.4, -0.2) is 48.2 Å². The molecule has 17 heavy (non-hydrogen) atoms. The topological polar surface area (TPSA) is 66.8 Å². The van der Waals surface area contributed by atoms with Gasteiger partial charge in [0.1, 0.15) is 0 Å². The summed E-state index contributed by atoms with van der Waals surface area (Å²) in [4.78, 5) is 24.6. The molecule has 2 aliphatic rings. The molecule has 2 aliphatic heterocycles. The van der Waals surface area contributed by atoms with E-state index >= 15 is 0 Å². The highest BCUT2D eigenvalue weighted by Crippen LogP contribution is 2.24. The van der Waals surface area contributed by atoms with Crippen molar-refractivity contribution >= 4 is 11.9 Å². The number of carboxylic acids is 1. The maximum absolute atomic E-state index is 12.1. The molecule has 2 saturated heterocycles. The van der Waals surface area contributed by atoms with Gasteiger partial charge in [-0.05, 0) is 25.2 Å². The van der Waals surface area contributed by atoms with Gasteiger partial charge in [-0.1, -0.05) is 0 Å². The van der Waals surface area contributed by atoms with Gasteiger partial charge < -0.3 is 14.7 Å². The lowest BCUT2D eigenvalue weighted by atomic mass is 10.0. The molecule has 2 fully saturated rings. The molecule has 2 atom stereocenters. The van der Waals surface area contributed by atoms with Crippen LogP contribution in [0.25, 0.3) is 0 Å². The molecule has 1 amide bonds. The van der Waals surface area contributed by atoms with Crippen molar-refractivity contribution in [3.63, 3.8) is 0 Å². The first-order valence-electron chi connectivity index (χ1n) is 6.25. The fourth-order valence-electron chi connectivity index (χ4n) is 2.64. The Morgan fingerprint density at radius 1 is 1.35 bits per heavy atom. The molecule has 5 nitrogen and oxygen atoms in total. The number of aliphatic carboxylic acids is 1. The number of rotatable bonds is 3. The van der Waals surface area contributed by atoms with Gasteiger partial charge in [-0.3, -0.25) is 9.59 Å². The number of carbonyl (C=O) groups excluding carboxylic acids is 1. The molecule has 96 valence electrons. The average Bonchev–Trinajstić information content (AvgIpc) is 2.77. The van der Waals surface area contributed by atoms with Crippen molar-refractivity contribution in [1.29, 1.82) is 0 Å². The standard InChI is InChI=1S/C12H19NO4/c14-11(15)6-9-3-4-13(7-9)12(16)10-2-1-5-17-8-10/h9-10H,1-8H2,(H,14,15). The normalized spacial score (nSPS) is 29.3. The summed E-state index contributed by atoms with van der Waals surface area (Å²) in [6.07, 6.45) is 2.83. The van der Waals surface area contributed by atoms with Crippen LogP contribution in [0.2, 0.25) is 0 Å². The molecule has 0 aromatic rings. The summed E-state index contributed by atoms with van der Waals surface area (Å²) in [5.74, 6) is -0.504. The maximum atomic E-state index is 12.1. The van der Waals surface area contributed by atoms with Crippen LogP contribution in [0, 0.1) is 11.8 Å². The van der Waals surface area contributed by atoms with E-state index in [1.54, 1.807) is 0 Å². The molecule has 0 spiro atoms. The summed E-state index contributed by atoms with van der Waals surface area (Å²) in [7, 11) is 0. The van der Waals surface area contributed by atoms with Crippen LogP contribution in [0.15, 0.2) is 0 Å². The van der Waals surface area contributed by atoms with E-state index in [4.69, 9.17) is 9.84 Å². The van der Waals surface area contributed by atoms with E-state index in [-0.39, 0.29) is 24.2 Å². The van der Waals surface area contributed by atoms with Gasteiger partial charge in [0, 0.05) is 26.1 Å². The van der Waals surface area contributed by atoms with Crippen molar-refractivity contribution < 1.29 is 19.4 Å². The molecule has 0 aromatic carbocycles. The molecule has 0 saturated carbocycles. The smallest absolute Gasteiger partial charge is 0.303 e. The Morgan fingerprint density at radius 2 is 2.18 bits per heavy atom. The predicted molar refractivity (Wildman–Crippen MR) is 60.5 cm³/mol. The van der Waals surface area contributed by atoms with Crippen molar-refractivity contribution in [3.05, 3.63) is 0 Å². The minimum atomic E-state index is -0.773. The fourth-order valence-corrected chi connectivity index (χ4v) is 2.64. The van der Waals surface area contributed by atoms with Gasteiger partial charge in [-0.25, -0.2) is 0 Å². The van der Waals surface area contributed by atoms with Crippen molar-refractivity contribution in [1.82, 2.24) is 4.90 Å². The van der Waals surface area contributed by atoms with E-state index in [9.17, 15) is 9.59 Å². The van der Waals surface area contributed by atoms with Gasteiger partial charge in [0.15, 0.2) is 0 Å². The molecule has 2 rings (SSSR count). The number of carbonyl (C=O) groups is 2. The molecule has 5 heteroatoms. The van der Waals surface area contributed by atoms with Crippen molar-refractivity contribution in [3.8, 4) is 0 Å². The second kappa shape index (κ2) is 5.49. The SMILES string of the molecule is O=C(O)CC1CCN(C(=O)C2CCCOC2)C1. The first-order valence-corrected chi connectivity index (χ1v) is 6.25. The highest BCUT2D eigenvalue weighted by Gasteiger charge is 2.32. The number of amides is 1. The third-order valence-electron chi connectivity index (χ3n) is 3.57. The second-order valence-electron chi connectivity index (χ2n) is 4.95. The van der Waals surface area contributed by atoms with Crippen molar-refractivity contribution in [2.24, 2.45) is 11.8 Å². The largest absolute Gasteiger partial charge is 0.481 e. The average molecular weight is 241 g/mol. The van der Waals surface area contributed by atoms with Gasteiger partial charge >= 0.3 is 5.97 Å². The lowest BCUT2D eigenvalue weighted by Crippen LogP contribution is -2.38. The van der Waals surface area contributed by atoms with E-state index in [1.165, 1.54) is 0 Å². The summed E-state index contributed by atoms with van der Waals surface area (Å²) >= 11 is 0. The first-order chi connectivity index (χ1) is 8.16. The molecule has 0 aliphatic carbocycles. The summed E-state index contributed by atoms with van der Waals surface area (Å²) in [6, 6.07) is 0. The van der Waals surface area contributed by atoms with E-state index < -0.39 is 5.97 Å². The van der Waals surface area contributed by atoms with Crippen LogP contribution in [0.3, 0.4) is 0 Å². The second-order valence-corrected chi connectivity index (χ2v) is 4.95. The van der Waals surface area contributed by atoms with E-state index in [2.05, 4.69) is 0 Å². The van der Waals surface area contributed by atoms with Gasteiger partial charge in [-0.15, -0.1) is 0 Å². The van der Waals surface area contributed by atoms with Gasteiger partial charge in [0.05, 0.1) is 12.5 Å². The highest BCUT2D eigenvalue weighted by molar-refractivity contribution is 5.79. The van der Waals surface area contributed by atoms with Crippen LogP contribution in [0.1, 0.15) is 25.7 Å². The highest BCUT2D eigenvalue weighted by atomic mass is 16.5. The lowest BCUT2D eigenvalue weighted by molar-refractivity contribution is -0.140. The molecular formula is C12H19NO4. The minimum Gasteiger partial charge on any atom is -0.481 e. The molecule has 2 unspecified atom stereocenters. The van der Waals surface area contributed by atoms with E-state index in [0.717, 1.165) is 25.9 Å². The van der Waals surface area contributed by atoms with Crippen LogP contribution >= 0.6 is 0 Å². The Balaban J connectivity index is 1.82. The third-order valence-corrected chi connectivity index (χ3v) is 3.57. The number of nitrogens with zero attached hydrogens (tertiary/aromatic N) is 1. The Hall–Kier alpha value is -1.10. The molecule has 1 N–H and O–H groups in total. The molecule has 0 bridgehead atoms. The summed E-state index contributed by atoms with van der Waals surface area (Å²) < 4.78 is 5.31. The zero-order chi connectivity index (χ0) is 12.3. The molecule has 0 aromatic heterocycles. The van der Waals surface area contributed by atoms with Crippen molar-refractivity contribution in [2.45, 2.75) is 25.7 Å². The Bertz CT molecular complexity index is 299. The number of hydrogen-bond acceptors (Lipinski definition) is 3. The maximum Gasteiger partial charge on any atom is 0.303 e. The predicted octanol–water partition coefficient (Wildman–Crippen LogP) is 0.736. The van der Waals surface area contributed by atoms with Crippen LogP contribution in [0.4, 0.5) is 0 Å². The minimum absolute atomic E-state index is 0.00710. The van der Waals surface area contributed by atoms with Crippen LogP contribution in [0.5, 0.6) is 0 Å². The van der Waals surface area contributed by atoms with Gasteiger partial charge in [-0.2, -0.15) is 0 Å². The monoisotopic (exact) mass is 241 g/mol. The quantitative estimate of drug-likeness (QED) is 0.791. The number of carboxylic acid groups (broad SMARTS) is 1. The number of hydrogen-bond donors (Lipinski definition) is 1. The van der Waals surface area contributed by atoms with Crippen LogP contribution in [-0.2, 0) is 14.3 Å². The Kier molecular flexibility index (Phi) is 3.99.